The first kappa shape index (κ1) is 17.0. The summed E-state index contributed by atoms with van der Waals surface area (Å²) in [6, 6.07) is 6.18. The minimum atomic E-state index is 0.0249. The fourth-order valence-corrected chi connectivity index (χ4v) is 2.58. The predicted molar refractivity (Wildman–Crippen MR) is 89.5 cm³/mol. The van der Waals surface area contributed by atoms with E-state index in [4.69, 9.17) is 4.74 Å². The molecule has 1 fully saturated rings. The summed E-state index contributed by atoms with van der Waals surface area (Å²) in [4.78, 5) is 14.8. The molecule has 1 aliphatic heterocycles. The number of benzene rings is 1. The first-order chi connectivity index (χ1) is 10.4. The third-order valence-corrected chi connectivity index (χ3v) is 4.17. The van der Waals surface area contributed by atoms with Gasteiger partial charge in [-0.15, -0.1) is 0 Å². The van der Waals surface area contributed by atoms with Gasteiger partial charge in [0.05, 0.1) is 13.2 Å². The molecule has 1 saturated heterocycles. The van der Waals surface area contributed by atoms with E-state index in [1.807, 2.05) is 19.1 Å². The number of nitrogens with one attached hydrogen (secondary N) is 1. The van der Waals surface area contributed by atoms with E-state index < -0.39 is 0 Å². The highest BCUT2D eigenvalue weighted by molar-refractivity contribution is 5.95. The van der Waals surface area contributed by atoms with Crippen LogP contribution in [-0.2, 0) is 10.2 Å². The Morgan fingerprint density at radius 1 is 1.27 bits per heavy atom. The number of aryl methyl sites for hydroxylation is 1. The third-order valence-electron chi connectivity index (χ3n) is 4.17. The van der Waals surface area contributed by atoms with Gasteiger partial charge in [-0.2, -0.15) is 0 Å². The molecule has 1 aromatic carbocycles. The van der Waals surface area contributed by atoms with Crippen molar-refractivity contribution in [2.45, 2.75) is 33.1 Å². The largest absolute Gasteiger partial charge is 0.379 e. The Morgan fingerprint density at radius 3 is 2.59 bits per heavy atom. The van der Waals surface area contributed by atoms with E-state index in [1.165, 1.54) is 5.56 Å². The summed E-state index contributed by atoms with van der Waals surface area (Å²) in [7, 11) is 0. The van der Waals surface area contributed by atoms with Gasteiger partial charge in [0, 0.05) is 31.7 Å². The first-order valence-electron chi connectivity index (χ1n) is 8.07. The lowest BCUT2D eigenvalue weighted by Crippen LogP contribution is -2.41. The van der Waals surface area contributed by atoms with Gasteiger partial charge in [-0.3, -0.25) is 9.69 Å². The Bertz CT molecular complexity index is 514. The maximum atomic E-state index is 12.4. The fourth-order valence-electron chi connectivity index (χ4n) is 2.58. The van der Waals surface area contributed by atoms with Crippen LogP contribution in [0.25, 0.3) is 0 Å². The van der Waals surface area contributed by atoms with Crippen LogP contribution in [0.15, 0.2) is 18.2 Å². The molecule has 0 saturated carbocycles. The van der Waals surface area contributed by atoms with Gasteiger partial charge in [-0.05, 0) is 29.5 Å². The summed E-state index contributed by atoms with van der Waals surface area (Å²) < 4.78 is 5.33. The molecule has 0 spiro atoms. The molecule has 0 aromatic heterocycles. The van der Waals surface area contributed by atoms with E-state index in [9.17, 15) is 4.79 Å². The van der Waals surface area contributed by atoms with Crippen LogP contribution in [0.5, 0.6) is 0 Å². The van der Waals surface area contributed by atoms with Crippen molar-refractivity contribution in [3.63, 3.8) is 0 Å². The molecule has 1 heterocycles. The summed E-state index contributed by atoms with van der Waals surface area (Å²) in [6.45, 7) is 13.5. The molecule has 122 valence electrons. The van der Waals surface area contributed by atoms with Gasteiger partial charge in [0.25, 0.3) is 5.91 Å². The lowest BCUT2D eigenvalue weighted by Gasteiger charge is -2.26. The van der Waals surface area contributed by atoms with E-state index in [0.29, 0.717) is 6.54 Å². The van der Waals surface area contributed by atoms with Gasteiger partial charge in [-0.1, -0.05) is 32.9 Å². The number of rotatable bonds is 4. The van der Waals surface area contributed by atoms with Crippen molar-refractivity contribution in [2.75, 3.05) is 39.4 Å². The Morgan fingerprint density at radius 2 is 1.95 bits per heavy atom. The molecule has 0 radical (unpaired) electrons. The molecular formula is C18H28N2O2. The zero-order valence-electron chi connectivity index (χ0n) is 14.2. The van der Waals surface area contributed by atoms with Crippen LogP contribution in [0.3, 0.4) is 0 Å². The second kappa shape index (κ2) is 7.25. The highest BCUT2D eigenvalue weighted by Crippen LogP contribution is 2.24. The molecular weight excluding hydrogens is 276 g/mol. The molecule has 0 atom stereocenters. The monoisotopic (exact) mass is 304 g/mol. The number of morpholine rings is 1. The molecule has 22 heavy (non-hydrogen) atoms. The summed E-state index contributed by atoms with van der Waals surface area (Å²) in [5, 5.41) is 3.04. The van der Waals surface area contributed by atoms with Crippen LogP contribution in [-0.4, -0.2) is 50.2 Å². The summed E-state index contributed by atoms with van der Waals surface area (Å²) in [5.74, 6) is 0.0249. The highest BCUT2D eigenvalue weighted by Gasteiger charge is 2.17. The summed E-state index contributed by atoms with van der Waals surface area (Å²) in [6.07, 6.45) is 0. The molecule has 4 heteroatoms. The van der Waals surface area contributed by atoms with E-state index in [2.05, 4.69) is 37.1 Å². The van der Waals surface area contributed by atoms with Gasteiger partial charge < -0.3 is 10.1 Å². The highest BCUT2D eigenvalue weighted by atomic mass is 16.5. The number of hydrogen-bond donors (Lipinski definition) is 1. The van der Waals surface area contributed by atoms with Crippen molar-refractivity contribution in [1.82, 2.24) is 10.2 Å². The number of nitrogens with zero attached hydrogens (tertiary/aromatic N) is 1. The van der Waals surface area contributed by atoms with Crippen molar-refractivity contribution < 1.29 is 9.53 Å². The average molecular weight is 304 g/mol. The molecule has 0 aliphatic carbocycles. The topological polar surface area (TPSA) is 41.6 Å². The number of carbonyl (C=O) groups excluding carboxylic acids is 1. The van der Waals surface area contributed by atoms with Crippen molar-refractivity contribution in [1.29, 1.82) is 0 Å². The molecule has 2 rings (SSSR count). The zero-order valence-corrected chi connectivity index (χ0v) is 14.2. The number of ether oxygens (including phenoxy) is 1. The van der Waals surface area contributed by atoms with Gasteiger partial charge >= 0.3 is 0 Å². The van der Waals surface area contributed by atoms with Crippen molar-refractivity contribution in [3.8, 4) is 0 Å². The van der Waals surface area contributed by atoms with Crippen LogP contribution in [0.1, 0.15) is 42.3 Å². The van der Waals surface area contributed by atoms with Crippen molar-refractivity contribution in [3.05, 3.63) is 34.9 Å². The smallest absolute Gasteiger partial charge is 0.251 e. The Labute approximate surface area is 133 Å². The van der Waals surface area contributed by atoms with E-state index in [1.54, 1.807) is 0 Å². The second-order valence-corrected chi connectivity index (χ2v) is 6.99. The number of carbonyl (C=O) groups is 1. The number of hydrogen-bond acceptors (Lipinski definition) is 3. The van der Waals surface area contributed by atoms with E-state index >= 15 is 0 Å². The number of amides is 1. The molecule has 4 nitrogen and oxygen atoms in total. The van der Waals surface area contributed by atoms with Crippen molar-refractivity contribution in [2.24, 2.45) is 0 Å². The van der Waals surface area contributed by atoms with Crippen LogP contribution >= 0.6 is 0 Å². The van der Waals surface area contributed by atoms with Crippen LogP contribution < -0.4 is 5.32 Å². The molecule has 1 amide bonds. The van der Waals surface area contributed by atoms with Gasteiger partial charge in [0.1, 0.15) is 0 Å². The van der Waals surface area contributed by atoms with Gasteiger partial charge in [-0.25, -0.2) is 0 Å². The fraction of sp³-hybridized carbons (Fsp3) is 0.611. The second-order valence-electron chi connectivity index (χ2n) is 6.99. The van der Waals surface area contributed by atoms with Crippen LogP contribution in [0, 0.1) is 6.92 Å². The SMILES string of the molecule is Cc1ccc(C(C)(C)C)cc1C(=O)NCCN1CCOCC1. The van der Waals surface area contributed by atoms with E-state index in [0.717, 1.165) is 44.0 Å². The quantitative estimate of drug-likeness (QED) is 0.928. The van der Waals surface area contributed by atoms with Crippen molar-refractivity contribution >= 4 is 5.91 Å². The van der Waals surface area contributed by atoms with Gasteiger partial charge in [0.2, 0.25) is 0 Å². The normalized spacial score (nSPS) is 16.5. The minimum absolute atomic E-state index is 0.0249. The van der Waals surface area contributed by atoms with Crippen LogP contribution in [0.4, 0.5) is 0 Å². The lowest BCUT2D eigenvalue weighted by atomic mass is 9.85. The Hall–Kier alpha value is -1.39. The standard InChI is InChI=1S/C18H28N2O2/c1-14-5-6-15(18(2,3)4)13-16(14)17(21)19-7-8-20-9-11-22-12-10-20/h5-6,13H,7-12H2,1-4H3,(H,19,21). The van der Waals surface area contributed by atoms with E-state index in [-0.39, 0.29) is 11.3 Å². The molecule has 0 bridgehead atoms. The minimum Gasteiger partial charge on any atom is -0.379 e. The molecule has 0 unspecified atom stereocenters. The molecule has 1 N–H and O–H groups in total. The Kier molecular flexibility index (Phi) is 5.59. The average Bonchev–Trinajstić information content (AvgIpc) is 2.47. The first-order valence-corrected chi connectivity index (χ1v) is 8.07. The predicted octanol–water partition coefficient (Wildman–Crippen LogP) is 2.35. The molecule has 1 aliphatic rings. The molecule has 1 aromatic rings. The lowest BCUT2D eigenvalue weighted by molar-refractivity contribution is 0.0383. The maximum Gasteiger partial charge on any atom is 0.251 e. The third kappa shape index (κ3) is 4.55. The summed E-state index contributed by atoms with van der Waals surface area (Å²) >= 11 is 0. The Balaban J connectivity index is 1.94. The maximum absolute atomic E-state index is 12.4. The zero-order chi connectivity index (χ0) is 16.2. The summed E-state index contributed by atoms with van der Waals surface area (Å²) in [5.41, 5.74) is 3.05. The van der Waals surface area contributed by atoms with Gasteiger partial charge in [0.15, 0.2) is 0 Å². The van der Waals surface area contributed by atoms with Crippen LogP contribution in [0.2, 0.25) is 0 Å².